The highest BCUT2D eigenvalue weighted by Crippen LogP contribution is 2.23. The number of benzene rings is 2. The number of rotatable bonds is 7. The normalized spacial score (nSPS) is 14.2. The van der Waals surface area contributed by atoms with Gasteiger partial charge in [0.05, 0.1) is 0 Å². The van der Waals surface area contributed by atoms with Gasteiger partial charge < -0.3 is 10.1 Å². The van der Waals surface area contributed by atoms with Gasteiger partial charge in [-0.25, -0.2) is 4.79 Å². The van der Waals surface area contributed by atoms with Crippen molar-refractivity contribution in [3.05, 3.63) is 65.7 Å². The Morgan fingerprint density at radius 2 is 1.86 bits per heavy atom. The van der Waals surface area contributed by atoms with E-state index in [4.69, 9.17) is 4.74 Å². The second kappa shape index (κ2) is 8.22. The van der Waals surface area contributed by atoms with Crippen LogP contribution in [0.1, 0.15) is 30.1 Å². The Kier molecular flexibility index (Phi) is 5.33. The molecule has 1 saturated carbocycles. The van der Waals surface area contributed by atoms with Crippen LogP contribution in [0.5, 0.6) is 0 Å². The lowest BCUT2D eigenvalue weighted by atomic mass is 10.1. The molecule has 1 aliphatic rings. The summed E-state index contributed by atoms with van der Waals surface area (Å²) in [7, 11) is 0. The van der Waals surface area contributed by atoms with Gasteiger partial charge in [-0.3, -0.25) is 4.79 Å². The third-order valence-corrected chi connectivity index (χ3v) is 4.55. The largest absolute Gasteiger partial charge is 0.446 e. The minimum absolute atomic E-state index is 0.168. The molecule has 29 heavy (non-hydrogen) atoms. The molecule has 1 aromatic heterocycles. The van der Waals surface area contributed by atoms with Crippen molar-refractivity contribution in [3.63, 3.8) is 0 Å². The smallest absolute Gasteiger partial charge is 0.330 e. The van der Waals surface area contributed by atoms with Crippen LogP contribution < -0.4 is 5.32 Å². The molecule has 1 fully saturated rings. The van der Waals surface area contributed by atoms with Crippen LogP contribution in [0.25, 0.3) is 11.4 Å². The first-order valence-electron chi connectivity index (χ1n) is 9.48. The first kappa shape index (κ1) is 18.8. The van der Waals surface area contributed by atoms with Crippen molar-refractivity contribution in [1.29, 1.82) is 0 Å². The summed E-state index contributed by atoms with van der Waals surface area (Å²) < 4.78 is 5.48. The Morgan fingerprint density at radius 1 is 1.14 bits per heavy atom. The summed E-state index contributed by atoms with van der Waals surface area (Å²) in [6.07, 6.45) is 0.891. The van der Waals surface area contributed by atoms with E-state index >= 15 is 0 Å². The van der Waals surface area contributed by atoms with Gasteiger partial charge in [-0.05, 0) is 25.0 Å². The minimum atomic E-state index is -1.01. The number of tetrazole rings is 1. The van der Waals surface area contributed by atoms with Gasteiger partial charge in [0.25, 0.3) is 5.91 Å². The topological polar surface area (TPSA) is 99.0 Å². The zero-order valence-corrected chi connectivity index (χ0v) is 16.0. The van der Waals surface area contributed by atoms with Crippen LogP contribution >= 0.6 is 0 Å². The molecule has 0 aliphatic heterocycles. The first-order chi connectivity index (χ1) is 14.1. The van der Waals surface area contributed by atoms with Crippen LogP contribution in [-0.2, 0) is 20.9 Å². The van der Waals surface area contributed by atoms with Crippen LogP contribution in [0.2, 0.25) is 0 Å². The Labute approximate surface area is 167 Å². The van der Waals surface area contributed by atoms with E-state index < -0.39 is 12.1 Å². The summed E-state index contributed by atoms with van der Waals surface area (Å²) in [6, 6.07) is 16.8. The average Bonchev–Trinajstić information content (AvgIpc) is 3.42. The lowest BCUT2D eigenvalue weighted by molar-refractivity contribution is -0.157. The van der Waals surface area contributed by atoms with Gasteiger partial charge in [-0.15, -0.1) is 10.2 Å². The predicted octanol–water partition coefficient (Wildman–Crippen LogP) is 2.21. The molecule has 8 nitrogen and oxygen atoms in total. The molecular weight excluding hydrogens is 370 g/mol. The summed E-state index contributed by atoms with van der Waals surface area (Å²) >= 11 is 0. The van der Waals surface area contributed by atoms with E-state index in [0.717, 1.165) is 24.0 Å². The maximum absolute atomic E-state index is 12.6. The van der Waals surface area contributed by atoms with Gasteiger partial charge >= 0.3 is 5.97 Å². The number of carbonyl (C=O) groups is 2. The molecule has 148 valence electrons. The average molecular weight is 391 g/mol. The zero-order valence-electron chi connectivity index (χ0n) is 16.0. The van der Waals surface area contributed by atoms with Gasteiger partial charge in [-0.1, -0.05) is 60.2 Å². The number of hydrogen-bond donors (Lipinski definition) is 1. The van der Waals surface area contributed by atoms with Crippen LogP contribution in [0.3, 0.4) is 0 Å². The summed E-state index contributed by atoms with van der Waals surface area (Å²) in [5.41, 5.74) is 2.55. The van der Waals surface area contributed by atoms with Gasteiger partial charge in [0.15, 0.2) is 6.54 Å². The quantitative estimate of drug-likeness (QED) is 0.620. The van der Waals surface area contributed by atoms with Crippen molar-refractivity contribution in [1.82, 2.24) is 25.5 Å². The fourth-order valence-electron chi connectivity index (χ4n) is 2.82. The second-order valence-electron chi connectivity index (χ2n) is 7.07. The minimum Gasteiger partial charge on any atom is -0.446 e. The number of aromatic nitrogens is 4. The van der Waals surface area contributed by atoms with Crippen molar-refractivity contribution < 1.29 is 14.3 Å². The maximum atomic E-state index is 12.6. The van der Waals surface area contributed by atoms with Gasteiger partial charge in [0.1, 0.15) is 0 Å². The molecule has 1 aliphatic carbocycles. The summed E-state index contributed by atoms with van der Waals surface area (Å²) in [4.78, 5) is 26.2. The number of nitrogens with zero attached hydrogens (tertiary/aromatic N) is 4. The summed E-state index contributed by atoms with van der Waals surface area (Å²) in [6.45, 7) is 1.76. The van der Waals surface area contributed by atoms with Crippen LogP contribution in [0.4, 0.5) is 0 Å². The van der Waals surface area contributed by atoms with Crippen LogP contribution in [-0.4, -0.2) is 38.1 Å². The van der Waals surface area contributed by atoms with E-state index in [1.807, 2.05) is 37.3 Å². The molecule has 0 bridgehead atoms. The monoisotopic (exact) mass is 391 g/mol. The Bertz CT molecular complexity index is 997. The third kappa shape index (κ3) is 4.84. The number of carbonyl (C=O) groups excluding carboxylic acids is 2. The summed E-state index contributed by atoms with van der Waals surface area (Å²) in [5, 5.41) is 15.0. The predicted molar refractivity (Wildman–Crippen MR) is 104 cm³/mol. The number of aryl methyl sites for hydroxylation is 1. The molecule has 8 heteroatoms. The van der Waals surface area contributed by atoms with E-state index in [0.29, 0.717) is 11.4 Å². The Morgan fingerprint density at radius 3 is 2.55 bits per heavy atom. The van der Waals surface area contributed by atoms with Crippen molar-refractivity contribution in [3.8, 4) is 11.4 Å². The SMILES string of the molecule is Cc1ccc(-c2nnn(CC(=O)OC(C(=O)NC3CC3)c3ccccc3)n2)cc1. The molecule has 1 atom stereocenters. The number of esters is 1. The van der Waals surface area contributed by atoms with E-state index in [2.05, 4.69) is 20.7 Å². The molecule has 3 aromatic rings. The third-order valence-electron chi connectivity index (χ3n) is 4.55. The molecule has 0 saturated heterocycles. The maximum Gasteiger partial charge on any atom is 0.330 e. The van der Waals surface area contributed by atoms with Gasteiger partial charge in [0, 0.05) is 17.2 Å². The first-order valence-corrected chi connectivity index (χ1v) is 9.48. The molecule has 1 amide bonds. The molecular formula is C21H21N5O3. The number of amides is 1. The second-order valence-corrected chi connectivity index (χ2v) is 7.07. The van der Waals surface area contributed by atoms with Crippen LogP contribution in [0.15, 0.2) is 54.6 Å². The van der Waals surface area contributed by atoms with E-state index in [9.17, 15) is 9.59 Å². The van der Waals surface area contributed by atoms with E-state index in [1.165, 1.54) is 4.80 Å². The fraction of sp³-hybridized carbons (Fsp3) is 0.286. The lowest BCUT2D eigenvalue weighted by Crippen LogP contribution is -2.34. The Balaban J connectivity index is 1.44. The number of nitrogens with one attached hydrogen (secondary N) is 1. The molecule has 1 unspecified atom stereocenters. The van der Waals surface area contributed by atoms with Gasteiger partial charge in [0.2, 0.25) is 11.9 Å². The standard InChI is InChI=1S/C21H21N5O3/c1-14-7-9-16(10-8-14)20-23-25-26(24-20)13-18(27)29-19(15-5-3-2-4-6-15)21(28)22-17-11-12-17/h2-10,17,19H,11-13H2,1H3,(H,22,28). The molecule has 0 spiro atoms. The summed E-state index contributed by atoms with van der Waals surface area (Å²) in [5.74, 6) is -0.513. The van der Waals surface area contributed by atoms with E-state index in [1.54, 1.807) is 24.3 Å². The van der Waals surface area contributed by atoms with Crippen molar-refractivity contribution >= 4 is 11.9 Å². The number of hydrogen-bond acceptors (Lipinski definition) is 6. The van der Waals surface area contributed by atoms with Crippen molar-refractivity contribution in [2.45, 2.75) is 38.5 Å². The van der Waals surface area contributed by atoms with E-state index in [-0.39, 0.29) is 18.5 Å². The highest BCUT2D eigenvalue weighted by molar-refractivity contribution is 5.85. The molecule has 0 radical (unpaired) electrons. The highest BCUT2D eigenvalue weighted by Gasteiger charge is 2.31. The molecule has 1 heterocycles. The molecule has 2 aromatic carbocycles. The van der Waals surface area contributed by atoms with Gasteiger partial charge in [-0.2, -0.15) is 4.80 Å². The van der Waals surface area contributed by atoms with Crippen molar-refractivity contribution in [2.24, 2.45) is 0 Å². The zero-order chi connectivity index (χ0) is 20.2. The number of ether oxygens (including phenoxy) is 1. The highest BCUT2D eigenvalue weighted by atomic mass is 16.5. The lowest BCUT2D eigenvalue weighted by Gasteiger charge is -2.17. The molecule has 4 rings (SSSR count). The fourth-order valence-corrected chi connectivity index (χ4v) is 2.82. The van der Waals surface area contributed by atoms with Crippen LogP contribution in [0, 0.1) is 6.92 Å². The van der Waals surface area contributed by atoms with Crippen molar-refractivity contribution in [2.75, 3.05) is 0 Å². The Hall–Kier alpha value is -3.55. The molecule has 1 N–H and O–H groups in total.